The number of piperidine rings is 1. The Balaban J connectivity index is 2.06. The first-order valence-corrected chi connectivity index (χ1v) is 7.30. The van der Waals surface area contributed by atoms with Crippen LogP contribution in [0.3, 0.4) is 0 Å². The van der Waals surface area contributed by atoms with E-state index in [1.807, 2.05) is 7.11 Å². The van der Waals surface area contributed by atoms with Crippen LogP contribution in [0, 0.1) is 6.92 Å². The smallest absolute Gasteiger partial charge is 0.0605 e. The van der Waals surface area contributed by atoms with Crippen molar-refractivity contribution in [3.8, 4) is 0 Å². The molecular weight excluding hydrogens is 278 g/mol. The van der Waals surface area contributed by atoms with E-state index in [1.165, 1.54) is 16.8 Å². The summed E-state index contributed by atoms with van der Waals surface area (Å²) in [6, 6.07) is 6.75. The zero-order chi connectivity index (χ0) is 12.3. The second kappa shape index (κ2) is 5.87. The van der Waals surface area contributed by atoms with E-state index < -0.39 is 0 Å². The lowest BCUT2D eigenvalue weighted by Gasteiger charge is -2.33. The van der Waals surface area contributed by atoms with Crippen LogP contribution in [0.1, 0.15) is 24.0 Å². The van der Waals surface area contributed by atoms with Crippen LogP contribution < -0.4 is 4.90 Å². The fraction of sp³-hybridized carbons (Fsp3) is 0.571. The highest BCUT2D eigenvalue weighted by atomic mass is 79.9. The van der Waals surface area contributed by atoms with E-state index in [4.69, 9.17) is 4.74 Å². The first-order valence-electron chi connectivity index (χ1n) is 6.18. The number of aryl methyl sites for hydroxylation is 1. The van der Waals surface area contributed by atoms with Crippen LogP contribution in [0.5, 0.6) is 0 Å². The third-order valence-electron chi connectivity index (χ3n) is 3.61. The summed E-state index contributed by atoms with van der Waals surface area (Å²) >= 11 is 3.52. The molecule has 1 saturated heterocycles. The van der Waals surface area contributed by atoms with E-state index in [9.17, 15) is 0 Å². The van der Waals surface area contributed by atoms with Crippen LogP contribution in [0.15, 0.2) is 18.2 Å². The predicted octanol–water partition coefficient (Wildman–Crippen LogP) is 3.51. The van der Waals surface area contributed by atoms with Gasteiger partial charge in [-0.2, -0.15) is 0 Å². The largest absolute Gasteiger partial charge is 0.381 e. The van der Waals surface area contributed by atoms with E-state index in [-0.39, 0.29) is 0 Å². The zero-order valence-electron chi connectivity index (χ0n) is 10.6. The Bertz CT molecular complexity index is 372. The minimum Gasteiger partial charge on any atom is -0.381 e. The normalized spacial score (nSPS) is 17.5. The summed E-state index contributed by atoms with van der Waals surface area (Å²) in [5.41, 5.74) is 4.09. The lowest BCUT2D eigenvalue weighted by Crippen LogP contribution is -2.36. The molecule has 2 rings (SSSR count). The maximum absolute atomic E-state index is 5.40. The highest BCUT2D eigenvalue weighted by molar-refractivity contribution is 9.08. The van der Waals surface area contributed by atoms with Crippen LogP contribution >= 0.6 is 15.9 Å². The van der Waals surface area contributed by atoms with Crippen molar-refractivity contribution in [1.82, 2.24) is 0 Å². The van der Waals surface area contributed by atoms with Gasteiger partial charge in [-0.15, -0.1) is 0 Å². The summed E-state index contributed by atoms with van der Waals surface area (Å²) < 4.78 is 5.40. The number of hydrogen-bond acceptors (Lipinski definition) is 2. The quantitative estimate of drug-likeness (QED) is 0.792. The molecule has 94 valence electrons. The Morgan fingerprint density at radius 2 is 2.06 bits per heavy atom. The van der Waals surface area contributed by atoms with Gasteiger partial charge < -0.3 is 9.64 Å². The molecule has 0 aromatic heterocycles. The Hall–Kier alpha value is -0.540. The molecule has 0 aliphatic carbocycles. The van der Waals surface area contributed by atoms with Gasteiger partial charge in [0.1, 0.15) is 0 Å². The summed E-state index contributed by atoms with van der Waals surface area (Å²) in [5.74, 6) is 0. The standard InChI is InChI=1S/C14H20BrNO/c1-11-9-13(4-3-12(11)10-15)16-7-5-14(17-2)6-8-16/h3-4,9,14H,5-8,10H2,1-2H3. The van der Waals surface area contributed by atoms with Gasteiger partial charge in [-0.3, -0.25) is 0 Å². The van der Waals surface area contributed by atoms with Crippen molar-refractivity contribution >= 4 is 21.6 Å². The fourth-order valence-corrected chi connectivity index (χ4v) is 3.01. The number of rotatable bonds is 3. The highest BCUT2D eigenvalue weighted by Gasteiger charge is 2.18. The molecule has 0 spiro atoms. The van der Waals surface area contributed by atoms with Gasteiger partial charge in [-0.25, -0.2) is 0 Å². The first kappa shape index (κ1) is 12.9. The van der Waals surface area contributed by atoms with Gasteiger partial charge in [0.25, 0.3) is 0 Å². The average molecular weight is 298 g/mol. The molecule has 3 heteroatoms. The van der Waals surface area contributed by atoms with Crippen LogP contribution in [-0.2, 0) is 10.1 Å². The summed E-state index contributed by atoms with van der Waals surface area (Å²) in [5, 5.41) is 0.935. The summed E-state index contributed by atoms with van der Waals surface area (Å²) in [6.07, 6.45) is 2.72. The molecule has 1 fully saturated rings. The molecule has 2 nitrogen and oxygen atoms in total. The Morgan fingerprint density at radius 1 is 1.35 bits per heavy atom. The molecule has 1 aromatic rings. The maximum Gasteiger partial charge on any atom is 0.0605 e. The number of alkyl halides is 1. The van der Waals surface area contributed by atoms with Crippen molar-refractivity contribution in [3.63, 3.8) is 0 Å². The number of anilines is 1. The topological polar surface area (TPSA) is 12.5 Å². The molecule has 17 heavy (non-hydrogen) atoms. The van der Waals surface area contributed by atoms with E-state index in [0.717, 1.165) is 31.3 Å². The van der Waals surface area contributed by atoms with E-state index in [1.54, 1.807) is 0 Å². The Morgan fingerprint density at radius 3 is 2.59 bits per heavy atom. The number of nitrogens with zero attached hydrogens (tertiary/aromatic N) is 1. The van der Waals surface area contributed by atoms with Gasteiger partial charge in [0, 0.05) is 31.2 Å². The Labute approximate surface area is 112 Å². The number of methoxy groups -OCH3 is 1. The first-order chi connectivity index (χ1) is 8.24. The van der Waals surface area contributed by atoms with E-state index >= 15 is 0 Å². The van der Waals surface area contributed by atoms with Crippen LogP contribution in [0.2, 0.25) is 0 Å². The van der Waals surface area contributed by atoms with Crippen molar-refractivity contribution in [2.45, 2.75) is 31.2 Å². The molecule has 1 aromatic carbocycles. The summed E-state index contributed by atoms with van der Waals surface area (Å²) in [6.45, 7) is 4.39. The molecule has 0 bridgehead atoms. The molecule has 0 N–H and O–H groups in total. The van der Waals surface area contributed by atoms with Gasteiger partial charge >= 0.3 is 0 Å². The predicted molar refractivity (Wildman–Crippen MR) is 76.1 cm³/mol. The minimum atomic E-state index is 0.453. The molecule has 0 atom stereocenters. The van der Waals surface area contributed by atoms with Crippen molar-refractivity contribution in [2.75, 3.05) is 25.1 Å². The monoisotopic (exact) mass is 297 g/mol. The summed E-state index contributed by atoms with van der Waals surface area (Å²) in [7, 11) is 1.81. The third kappa shape index (κ3) is 3.02. The Kier molecular flexibility index (Phi) is 4.46. The van der Waals surface area contributed by atoms with Crippen LogP contribution in [0.4, 0.5) is 5.69 Å². The van der Waals surface area contributed by atoms with Gasteiger partial charge in [0.15, 0.2) is 0 Å². The molecular formula is C14H20BrNO. The van der Waals surface area contributed by atoms with Crippen molar-refractivity contribution in [3.05, 3.63) is 29.3 Å². The number of benzene rings is 1. The lowest BCUT2D eigenvalue weighted by atomic mass is 10.0. The van der Waals surface area contributed by atoms with Gasteiger partial charge in [0.05, 0.1) is 6.10 Å². The van der Waals surface area contributed by atoms with E-state index in [0.29, 0.717) is 6.10 Å². The number of halogens is 1. The third-order valence-corrected chi connectivity index (χ3v) is 4.21. The fourth-order valence-electron chi connectivity index (χ4n) is 2.38. The van der Waals surface area contributed by atoms with Crippen molar-refractivity contribution < 1.29 is 4.74 Å². The summed E-state index contributed by atoms with van der Waals surface area (Å²) in [4.78, 5) is 2.46. The van der Waals surface area contributed by atoms with Crippen molar-refractivity contribution in [2.24, 2.45) is 0 Å². The second-order valence-electron chi connectivity index (χ2n) is 4.67. The van der Waals surface area contributed by atoms with Gasteiger partial charge in [-0.05, 0) is 43.0 Å². The average Bonchev–Trinajstić information content (AvgIpc) is 2.39. The van der Waals surface area contributed by atoms with Crippen LogP contribution in [-0.4, -0.2) is 26.3 Å². The molecule has 0 saturated carbocycles. The lowest BCUT2D eigenvalue weighted by molar-refractivity contribution is 0.0819. The maximum atomic E-state index is 5.40. The molecule has 0 radical (unpaired) electrons. The SMILES string of the molecule is COC1CCN(c2ccc(CBr)c(C)c2)CC1. The highest BCUT2D eigenvalue weighted by Crippen LogP contribution is 2.24. The molecule has 1 aliphatic rings. The zero-order valence-corrected chi connectivity index (χ0v) is 12.2. The molecule has 0 amide bonds. The molecule has 1 heterocycles. The number of hydrogen-bond donors (Lipinski definition) is 0. The molecule has 1 aliphatic heterocycles. The van der Waals surface area contributed by atoms with E-state index in [2.05, 4.69) is 46.0 Å². The minimum absolute atomic E-state index is 0.453. The second-order valence-corrected chi connectivity index (χ2v) is 5.23. The molecule has 0 unspecified atom stereocenters. The van der Waals surface area contributed by atoms with Gasteiger partial charge in [-0.1, -0.05) is 22.0 Å². The number of ether oxygens (including phenoxy) is 1. The van der Waals surface area contributed by atoms with Gasteiger partial charge in [0.2, 0.25) is 0 Å². The van der Waals surface area contributed by atoms with Crippen molar-refractivity contribution in [1.29, 1.82) is 0 Å². The van der Waals surface area contributed by atoms with Crippen LogP contribution in [0.25, 0.3) is 0 Å².